The van der Waals surface area contributed by atoms with Crippen LogP contribution in [-0.4, -0.2) is 57.3 Å². The van der Waals surface area contributed by atoms with Gasteiger partial charge in [0.05, 0.1) is 45.2 Å². The molecule has 0 N–H and O–H groups in total. The molecule has 0 atom stereocenters. The maximum Gasteiger partial charge on any atom is 0.345 e. The lowest BCUT2D eigenvalue weighted by Crippen LogP contribution is -2.18. The number of carbonyl (C=O) groups excluding carboxylic acids is 4. The fourth-order valence-electron chi connectivity index (χ4n) is 2.54. The highest BCUT2D eigenvalue weighted by Gasteiger charge is 2.28. The number of fused-ring (bicyclic) bond motifs is 1. The Hall–Kier alpha value is -3.46. The summed E-state index contributed by atoms with van der Waals surface area (Å²) in [6.45, 7) is 0. The molecular formula is C19H16ClNO8. The summed E-state index contributed by atoms with van der Waals surface area (Å²) in [5, 5.41) is 0.507. The minimum Gasteiger partial charge on any atom is -0.465 e. The Morgan fingerprint density at radius 1 is 0.862 bits per heavy atom. The lowest BCUT2D eigenvalue weighted by molar-refractivity contribution is -0.143. The van der Waals surface area contributed by atoms with E-state index in [1.807, 2.05) is 0 Å². The molecule has 0 saturated heterocycles. The normalized spacial score (nSPS) is 10.1. The first kappa shape index (κ1) is 21.8. The maximum absolute atomic E-state index is 12.5. The number of nitrogens with zero attached hydrogens (tertiary/aromatic N) is 1. The van der Waals surface area contributed by atoms with Gasteiger partial charge in [0.1, 0.15) is 11.1 Å². The zero-order chi connectivity index (χ0) is 21.7. The largest absolute Gasteiger partial charge is 0.465 e. The van der Waals surface area contributed by atoms with Crippen molar-refractivity contribution in [3.63, 3.8) is 0 Å². The predicted octanol–water partition coefficient (Wildman–Crippen LogP) is 2.19. The number of benzene rings is 1. The molecule has 2 aromatic rings. The van der Waals surface area contributed by atoms with E-state index in [2.05, 4.69) is 14.5 Å². The number of carbonyl (C=O) groups is 4. The van der Waals surface area contributed by atoms with Gasteiger partial charge < -0.3 is 18.9 Å². The van der Waals surface area contributed by atoms with Crippen LogP contribution in [0.4, 0.5) is 0 Å². The highest BCUT2D eigenvalue weighted by atomic mass is 35.5. The second-order valence-electron chi connectivity index (χ2n) is 5.43. The Morgan fingerprint density at radius 2 is 1.41 bits per heavy atom. The highest BCUT2D eigenvalue weighted by molar-refractivity contribution is 6.31. The number of methoxy groups -OCH3 is 4. The van der Waals surface area contributed by atoms with E-state index in [0.717, 1.165) is 34.5 Å². The molecule has 0 aliphatic carbocycles. The molecule has 1 aromatic heterocycles. The monoisotopic (exact) mass is 421 g/mol. The molecule has 1 heterocycles. The van der Waals surface area contributed by atoms with Crippen molar-refractivity contribution < 1.29 is 38.1 Å². The number of pyridine rings is 1. The molecule has 0 saturated carbocycles. The predicted molar refractivity (Wildman–Crippen MR) is 101 cm³/mol. The van der Waals surface area contributed by atoms with Gasteiger partial charge in [-0.2, -0.15) is 0 Å². The van der Waals surface area contributed by atoms with Gasteiger partial charge in [-0.25, -0.2) is 24.2 Å². The molecule has 1 aromatic carbocycles. The van der Waals surface area contributed by atoms with Gasteiger partial charge in [-0.1, -0.05) is 11.6 Å². The van der Waals surface area contributed by atoms with Gasteiger partial charge in [-0.15, -0.1) is 0 Å². The summed E-state index contributed by atoms with van der Waals surface area (Å²) >= 11 is 6.02. The Balaban J connectivity index is 3.01. The molecule has 0 bridgehead atoms. The van der Waals surface area contributed by atoms with Crippen LogP contribution in [0.5, 0.6) is 0 Å². The molecular weight excluding hydrogens is 406 g/mol. The van der Waals surface area contributed by atoms with Crippen molar-refractivity contribution >= 4 is 52.5 Å². The molecule has 29 heavy (non-hydrogen) atoms. The van der Waals surface area contributed by atoms with Crippen LogP contribution >= 0.6 is 11.6 Å². The molecule has 0 aliphatic rings. The first-order valence-electron chi connectivity index (χ1n) is 7.97. The first-order chi connectivity index (χ1) is 13.8. The first-order valence-corrected chi connectivity index (χ1v) is 8.35. The smallest absolute Gasteiger partial charge is 0.345 e. The van der Waals surface area contributed by atoms with Gasteiger partial charge in [0.2, 0.25) is 0 Å². The van der Waals surface area contributed by atoms with E-state index >= 15 is 0 Å². The zero-order valence-electron chi connectivity index (χ0n) is 15.9. The van der Waals surface area contributed by atoms with E-state index in [9.17, 15) is 19.2 Å². The Morgan fingerprint density at radius 3 is 1.93 bits per heavy atom. The van der Waals surface area contributed by atoms with Gasteiger partial charge >= 0.3 is 23.9 Å². The lowest BCUT2D eigenvalue weighted by atomic mass is 9.98. The third-order valence-electron chi connectivity index (χ3n) is 3.85. The molecule has 0 unspecified atom stereocenters. The number of hydrogen-bond donors (Lipinski definition) is 0. The van der Waals surface area contributed by atoms with Crippen LogP contribution in [0.3, 0.4) is 0 Å². The Kier molecular flexibility index (Phi) is 6.89. The number of rotatable bonds is 5. The number of halogens is 1. The van der Waals surface area contributed by atoms with Crippen LogP contribution in [0.2, 0.25) is 5.02 Å². The van der Waals surface area contributed by atoms with Crippen LogP contribution in [0.25, 0.3) is 17.0 Å². The van der Waals surface area contributed by atoms with Crippen LogP contribution in [0, 0.1) is 0 Å². The standard InChI is InChI=1S/C19H16ClNO8/c1-26-16(22)11(17(23)27-2)8-13-15(19(25)29-4)14(18(24)28-3)10-7-9(20)5-6-12(10)21-13/h5-8H,1-4H3. The molecule has 0 radical (unpaired) electrons. The van der Waals surface area contributed by atoms with Crippen molar-refractivity contribution in [1.29, 1.82) is 0 Å². The Labute approximate surface area is 170 Å². The van der Waals surface area contributed by atoms with E-state index in [0.29, 0.717) is 0 Å². The third-order valence-corrected chi connectivity index (χ3v) is 4.08. The SMILES string of the molecule is COC(=O)C(=Cc1nc2ccc(Cl)cc2c(C(=O)OC)c1C(=O)OC)C(=O)OC. The number of esters is 4. The van der Waals surface area contributed by atoms with Crippen LogP contribution in [0.15, 0.2) is 23.8 Å². The van der Waals surface area contributed by atoms with E-state index < -0.39 is 29.5 Å². The molecule has 0 amide bonds. The number of aromatic nitrogens is 1. The fourth-order valence-corrected chi connectivity index (χ4v) is 2.71. The van der Waals surface area contributed by atoms with E-state index in [1.165, 1.54) is 18.2 Å². The molecule has 0 fully saturated rings. The molecule has 9 nitrogen and oxygen atoms in total. The molecule has 2 rings (SSSR count). The van der Waals surface area contributed by atoms with Crippen molar-refractivity contribution in [2.24, 2.45) is 0 Å². The highest BCUT2D eigenvalue weighted by Crippen LogP contribution is 2.29. The summed E-state index contributed by atoms with van der Waals surface area (Å²) in [5.41, 5.74) is -0.996. The molecule has 0 aliphatic heterocycles. The van der Waals surface area contributed by atoms with Crippen LogP contribution < -0.4 is 0 Å². The van der Waals surface area contributed by atoms with Crippen molar-refractivity contribution in [1.82, 2.24) is 4.98 Å². The lowest BCUT2D eigenvalue weighted by Gasteiger charge is -2.13. The Bertz CT molecular complexity index is 1030. The summed E-state index contributed by atoms with van der Waals surface area (Å²) < 4.78 is 18.7. The average molecular weight is 422 g/mol. The van der Waals surface area contributed by atoms with Crippen molar-refractivity contribution in [3.8, 4) is 0 Å². The van der Waals surface area contributed by atoms with E-state index in [4.69, 9.17) is 21.1 Å². The van der Waals surface area contributed by atoms with Crippen molar-refractivity contribution in [2.75, 3.05) is 28.4 Å². The molecule has 0 spiro atoms. The third kappa shape index (κ3) is 4.35. The maximum atomic E-state index is 12.5. The fraction of sp³-hybridized carbons (Fsp3) is 0.211. The molecule has 152 valence electrons. The summed E-state index contributed by atoms with van der Waals surface area (Å²) in [4.78, 5) is 53.3. The number of ether oxygens (including phenoxy) is 4. The minimum absolute atomic E-state index is 0.188. The van der Waals surface area contributed by atoms with Crippen LogP contribution in [0.1, 0.15) is 26.4 Å². The zero-order valence-corrected chi connectivity index (χ0v) is 16.7. The number of hydrogen-bond acceptors (Lipinski definition) is 9. The van der Waals surface area contributed by atoms with E-state index in [1.54, 1.807) is 0 Å². The van der Waals surface area contributed by atoms with Gasteiger partial charge in [0, 0.05) is 10.4 Å². The van der Waals surface area contributed by atoms with E-state index in [-0.39, 0.29) is 32.7 Å². The summed E-state index contributed by atoms with van der Waals surface area (Å²) in [6, 6.07) is 4.45. The second kappa shape index (κ2) is 9.16. The quantitative estimate of drug-likeness (QED) is 0.235. The summed E-state index contributed by atoms with van der Waals surface area (Å²) in [6.07, 6.45) is 0.977. The van der Waals surface area contributed by atoms with Crippen molar-refractivity contribution in [3.05, 3.63) is 45.6 Å². The van der Waals surface area contributed by atoms with Gasteiger partial charge in [-0.05, 0) is 24.3 Å². The van der Waals surface area contributed by atoms with Crippen molar-refractivity contribution in [2.45, 2.75) is 0 Å². The molecule has 10 heteroatoms. The second-order valence-corrected chi connectivity index (χ2v) is 5.87. The van der Waals surface area contributed by atoms with Gasteiger partial charge in [0.15, 0.2) is 0 Å². The summed E-state index contributed by atoms with van der Waals surface area (Å²) in [5.74, 6) is -3.86. The average Bonchev–Trinajstić information content (AvgIpc) is 2.74. The summed E-state index contributed by atoms with van der Waals surface area (Å²) in [7, 11) is 4.36. The minimum atomic E-state index is -1.02. The van der Waals surface area contributed by atoms with Gasteiger partial charge in [0.25, 0.3) is 0 Å². The van der Waals surface area contributed by atoms with Crippen LogP contribution in [-0.2, 0) is 28.5 Å². The van der Waals surface area contributed by atoms with Gasteiger partial charge in [-0.3, -0.25) is 0 Å². The topological polar surface area (TPSA) is 118 Å².